The molecule has 0 aliphatic carbocycles. The van der Waals surface area contributed by atoms with E-state index in [0.717, 1.165) is 6.54 Å². The zero-order chi connectivity index (χ0) is 13.5. The molecule has 1 aliphatic heterocycles. The summed E-state index contributed by atoms with van der Waals surface area (Å²) in [4.78, 5) is 14.0. The van der Waals surface area contributed by atoms with Gasteiger partial charge in [-0.25, -0.2) is 0 Å². The van der Waals surface area contributed by atoms with Crippen molar-refractivity contribution in [2.24, 2.45) is 17.6 Å². The van der Waals surface area contributed by atoms with E-state index in [1.807, 2.05) is 11.8 Å². The van der Waals surface area contributed by atoms with Gasteiger partial charge in [-0.1, -0.05) is 13.8 Å². The van der Waals surface area contributed by atoms with E-state index in [0.29, 0.717) is 44.7 Å². The van der Waals surface area contributed by atoms with Gasteiger partial charge < -0.3 is 20.7 Å². The summed E-state index contributed by atoms with van der Waals surface area (Å²) in [6, 6.07) is -0.143. The molecular weight excluding hydrogens is 230 g/mol. The van der Waals surface area contributed by atoms with Crippen molar-refractivity contribution in [3.05, 3.63) is 0 Å². The maximum Gasteiger partial charge on any atom is 0.239 e. The highest BCUT2D eigenvalue weighted by Crippen LogP contribution is 2.08. The van der Waals surface area contributed by atoms with Crippen LogP contribution in [0.1, 0.15) is 20.8 Å². The van der Waals surface area contributed by atoms with E-state index in [1.54, 1.807) is 0 Å². The molecule has 2 atom stereocenters. The molecule has 0 aromatic rings. The molecule has 1 fully saturated rings. The van der Waals surface area contributed by atoms with Gasteiger partial charge in [-0.3, -0.25) is 4.79 Å². The Hall–Kier alpha value is -0.650. The van der Waals surface area contributed by atoms with Crippen molar-refractivity contribution in [2.45, 2.75) is 26.8 Å². The fourth-order valence-corrected chi connectivity index (χ4v) is 2.06. The third-order valence-electron chi connectivity index (χ3n) is 3.62. The summed E-state index contributed by atoms with van der Waals surface area (Å²) in [5.74, 6) is 1.12. The SMILES string of the molecule is CC(NCC(CN)C(C)C)C(=O)N1CCOCC1. The quantitative estimate of drug-likeness (QED) is 0.706. The first-order chi connectivity index (χ1) is 8.56. The second-order valence-corrected chi connectivity index (χ2v) is 5.31. The highest BCUT2D eigenvalue weighted by atomic mass is 16.5. The van der Waals surface area contributed by atoms with Crippen molar-refractivity contribution in [3.8, 4) is 0 Å². The highest BCUT2D eigenvalue weighted by molar-refractivity contribution is 5.81. The van der Waals surface area contributed by atoms with Crippen LogP contribution in [0.25, 0.3) is 0 Å². The maximum absolute atomic E-state index is 12.1. The predicted molar refractivity (Wildman–Crippen MR) is 72.2 cm³/mol. The van der Waals surface area contributed by atoms with E-state index in [9.17, 15) is 4.79 Å². The molecule has 2 unspecified atom stereocenters. The molecule has 3 N–H and O–H groups in total. The van der Waals surface area contributed by atoms with Gasteiger partial charge >= 0.3 is 0 Å². The summed E-state index contributed by atoms with van der Waals surface area (Å²) in [5, 5.41) is 3.30. The normalized spacial score (nSPS) is 19.9. The molecule has 5 nitrogen and oxygen atoms in total. The molecule has 5 heteroatoms. The summed E-state index contributed by atoms with van der Waals surface area (Å²) in [6.07, 6.45) is 0. The number of amides is 1. The van der Waals surface area contributed by atoms with Crippen LogP contribution in [0.15, 0.2) is 0 Å². The molecule has 18 heavy (non-hydrogen) atoms. The number of nitrogens with zero attached hydrogens (tertiary/aromatic N) is 1. The summed E-state index contributed by atoms with van der Waals surface area (Å²) in [5.41, 5.74) is 5.73. The van der Waals surface area contributed by atoms with E-state index in [2.05, 4.69) is 19.2 Å². The van der Waals surface area contributed by atoms with Gasteiger partial charge in [0, 0.05) is 19.6 Å². The van der Waals surface area contributed by atoms with E-state index >= 15 is 0 Å². The molecule has 1 aliphatic rings. The van der Waals surface area contributed by atoms with Crippen LogP contribution in [0, 0.1) is 11.8 Å². The van der Waals surface area contributed by atoms with Gasteiger partial charge in [0.1, 0.15) is 0 Å². The van der Waals surface area contributed by atoms with E-state index in [4.69, 9.17) is 10.5 Å². The monoisotopic (exact) mass is 257 g/mol. The fourth-order valence-electron chi connectivity index (χ4n) is 2.06. The van der Waals surface area contributed by atoms with Gasteiger partial charge in [0.25, 0.3) is 0 Å². The summed E-state index contributed by atoms with van der Waals surface area (Å²) >= 11 is 0. The lowest BCUT2D eigenvalue weighted by Gasteiger charge is -2.30. The maximum atomic E-state index is 12.1. The average Bonchev–Trinajstić information content (AvgIpc) is 2.39. The van der Waals surface area contributed by atoms with E-state index in [-0.39, 0.29) is 11.9 Å². The third-order valence-corrected chi connectivity index (χ3v) is 3.62. The fraction of sp³-hybridized carbons (Fsp3) is 0.923. The molecule has 0 saturated carbocycles. The first kappa shape index (κ1) is 15.4. The number of nitrogens with one attached hydrogen (secondary N) is 1. The van der Waals surface area contributed by atoms with Crippen molar-refractivity contribution in [2.75, 3.05) is 39.4 Å². The molecule has 0 spiro atoms. The number of nitrogens with two attached hydrogens (primary N) is 1. The number of hydrogen-bond acceptors (Lipinski definition) is 4. The Bertz CT molecular complexity index is 253. The van der Waals surface area contributed by atoms with Gasteiger partial charge in [-0.2, -0.15) is 0 Å². The lowest BCUT2D eigenvalue weighted by atomic mass is 9.96. The number of hydrogen-bond donors (Lipinski definition) is 2. The van der Waals surface area contributed by atoms with Crippen LogP contribution in [0.5, 0.6) is 0 Å². The zero-order valence-electron chi connectivity index (χ0n) is 11.8. The molecule has 106 valence electrons. The number of carbonyl (C=O) groups excluding carboxylic acids is 1. The Morgan fingerprint density at radius 1 is 1.33 bits per heavy atom. The van der Waals surface area contributed by atoms with E-state index < -0.39 is 0 Å². The van der Waals surface area contributed by atoms with Crippen molar-refractivity contribution < 1.29 is 9.53 Å². The minimum Gasteiger partial charge on any atom is -0.378 e. The standard InChI is InChI=1S/C13H27N3O2/c1-10(2)12(8-14)9-15-11(3)13(17)16-4-6-18-7-5-16/h10-12,15H,4-9,14H2,1-3H3. The van der Waals surface area contributed by atoms with Gasteiger partial charge in [0.2, 0.25) is 5.91 Å². The third kappa shape index (κ3) is 4.55. The number of carbonyl (C=O) groups is 1. The largest absolute Gasteiger partial charge is 0.378 e. The van der Waals surface area contributed by atoms with E-state index in [1.165, 1.54) is 0 Å². The molecule has 1 saturated heterocycles. The second-order valence-electron chi connectivity index (χ2n) is 5.31. The molecule has 1 amide bonds. The first-order valence-corrected chi connectivity index (χ1v) is 6.86. The van der Waals surface area contributed by atoms with Crippen molar-refractivity contribution in [1.82, 2.24) is 10.2 Å². The Balaban J connectivity index is 2.34. The average molecular weight is 257 g/mol. The lowest BCUT2D eigenvalue weighted by Crippen LogP contribution is -2.50. The molecule has 0 bridgehead atoms. The van der Waals surface area contributed by atoms with Gasteiger partial charge in [0.15, 0.2) is 0 Å². The number of morpholine rings is 1. The Kier molecular flexibility index (Phi) is 6.60. The smallest absolute Gasteiger partial charge is 0.239 e. The van der Waals surface area contributed by atoms with Gasteiger partial charge in [0.05, 0.1) is 19.3 Å². The molecule has 0 radical (unpaired) electrons. The molecular formula is C13H27N3O2. The van der Waals surface area contributed by atoms with Crippen LogP contribution in [0.2, 0.25) is 0 Å². The Morgan fingerprint density at radius 3 is 2.44 bits per heavy atom. The minimum atomic E-state index is -0.143. The summed E-state index contributed by atoms with van der Waals surface area (Å²) in [7, 11) is 0. The second kappa shape index (κ2) is 7.71. The van der Waals surface area contributed by atoms with Crippen molar-refractivity contribution in [3.63, 3.8) is 0 Å². The molecule has 1 heterocycles. The number of ether oxygens (including phenoxy) is 1. The Morgan fingerprint density at radius 2 is 1.94 bits per heavy atom. The molecule has 1 rings (SSSR count). The van der Waals surface area contributed by atoms with Crippen molar-refractivity contribution >= 4 is 5.91 Å². The molecule has 0 aromatic heterocycles. The zero-order valence-corrected chi connectivity index (χ0v) is 11.8. The highest BCUT2D eigenvalue weighted by Gasteiger charge is 2.23. The van der Waals surface area contributed by atoms with Crippen LogP contribution >= 0.6 is 0 Å². The van der Waals surface area contributed by atoms with Crippen LogP contribution < -0.4 is 11.1 Å². The number of rotatable bonds is 6. The summed E-state index contributed by atoms with van der Waals surface area (Å²) in [6.45, 7) is 10.4. The van der Waals surface area contributed by atoms with Crippen molar-refractivity contribution in [1.29, 1.82) is 0 Å². The van der Waals surface area contributed by atoms with Crippen LogP contribution in [0.3, 0.4) is 0 Å². The van der Waals surface area contributed by atoms with Gasteiger partial charge in [-0.15, -0.1) is 0 Å². The van der Waals surface area contributed by atoms with Crippen LogP contribution in [-0.4, -0.2) is 56.2 Å². The first-order valence-electron chi connectivity index (χ1n) is 6.86. The Labute approximate surface area is 110 Å². The summed E-state index contributed by atoms with van der Waals surface area (Å²) < 4.78 is 5.25. The predicted octanol–water partition coefficient (Wildman–Crippen LogP) is 0.0542. The lowest BCUT2D eigenvalue weighted by molar-refractivity contribution is -0.137. The van der Waals surface area contributed by atoms with Crippen LogP contribution in [0.4, 0.5) is 0 Å². The minimum absolute atomic E-state index is 0.143. The topological polar surface area (TPSA) is 67.6 Å². The van der Waals surface area contributed by atoms with Gasteiger partial charge in [-0.05, 0) is 25.3 Å². The van der Waals surface area contributed by atoms with Crippen LogP contribution in [-0.2, 0) is 9.53 Å². The molecule has 0 aromatic carbocycles.